The van der Waals surface area contributed by atoms with E-state index in [9.17, 15) is 19.5 Å². The van der Waals surface area contributed by atoms with Crippen molar-refractivity contribution in [2.24, 2.45) is 17.3 Å². The minimum Gasteiger partial charge on any atom is -0.497 e. The summed E-state index contributed by atoms with van der Waals surface area (Å²) < 4.78 is 18.1. The maximum absolute atomic E-state index is 14.3. The minimum atomic E-state index is -1.13. The molecule has 3 aliphatic rings. The van der Waals surface area contributed by atoms with Gasteiger partial charge in [0.1, 0.15) is 35.2 Å². The van der Waals surface area contributed by atoms with E-state index < -0.39 is 53.1 Å². The smallest absolute Gasteiger partial charge is 0.408 e. The summed E-state index contributed by atoms with van der Waals surface area (Å²) in [5, 5.41) is 13.3. The molecule has 2 fully saturated rings. The molecular formula is C34H48N4O7. The highest BCUT2D eigenvalue weighted by atomic mass is 16.6. The average Bonchev–Trinajstić information content (AvgIpc) is 3.53. The molecule has 45 heavy (non-hydrogen) atoms. The number of benzene rings is 1. The van der Waals surface area contributed by atoms with Crippen molar-refractivity contribution in [3.8, 4) is 11.6 Å². The van der Waals surface area contributed by atoms with Gasteiger partial charge in [0, 0.05) is 12.0 Å². The quantitative estimate of drug-likeness (QED) is 0.451. The first kappa shape index (κ1) is 32.8. The Morgan fingerprint density at radius 3 is 2.58 bits per heavy atom. The van der Waals surface area contributed by atoms with E-state index in [0.717, 1.165) is 50.5 Å². The SMILES string of the molecule is CC[C@@H]1[C@@H]2CN(C(=O)[C@H](C(C)(C)C)NC(=O)O[C@]3(C)CCC[C@H]3CCCCCc3nc4ccc(OC)cc4nc3O2)[C@@H]1C(=O)O. The van der Waals surface area contributed by atoms with Gasteiger partial charge < -0.3 is 29.5 Å². The lowest BCUT2D eigenvalue weighted by Gasteiger charge is -2.37. The molecule has 1 aromatic carbocycles. The Morgan fingerprint density at radius 2 is 1.89 bits per heavy atom. The molecule has 2 bridgehead atoms. The number of carbonyl (C=O) groups excluding carboxylic acids is 2. The predicted molar refractivity (Wildman–Crippen MR) is 168 cm³/mol. The molecule has 11 nitrogen and oxygen atoms in total. The first-order valence-corrected chi connectivity index (χ1v) is 16.4. The van der Waals surface area contributed by atoms with E-state index in [4.69, 9.17) is 24.2 Å². The zero-order valence-corrected chi connectivity index (χ0v) is 27.4. The third-order valence-corrected chi connectivity index (χ3v) is 10.0. The van der Waals surface area contributed by atoms with Gasteiger partial charge in [-0.3, -0.25) is 4.79 Å². The van der Waals surface area contributed by atoms with Crippen LogP contribution in [0.2, 0.25) is 0 Å². The van der Waals surface area contributed by atoms with E-state index in [0.29, 0.717) is 35.7 Å². The number of rotatable bonds is 3. The Morgan fingerprint density at radius 1 is 1.13 bits per heavy atom. The van der Waals surface area contributed by atoms with Crippen molar-refractivity contribution in [1.29, 1.82) is 0 Å². The molecule has 0 unspecified atom stereocenters. The van der Waals surface area contributed by atoms with Crippen molar-refractivity contribution in [3.63, 3.8) is 0 Å². The number of amides is 2. The summed E-state index contributed by atoms with van der Waals surface area (Å²) in [5.74, 6) is -0.865. The van der Waals surface area contributed by atoms with E-state index in [1.807, 2.05) is 46.8 Å². The summed E-state index contributed by atoms with van der Waals surface area (Å²) in [7, 11) is 1.59. The Labute approximate surface area is 265 Å². The maximum atomic E-state index is 14.3. The molecule has 5 rings (SSSR count). The molecule has 2 amide bonds. The number of ether oxygens (including phenoxy) is 3. The van der Waals surface area contributed by atoms with Crippen molar-refractivity contribution < 1.29 is 33.7 Å². The standard InChI is InChI=1S/C34H48N4O7/c1-7-22-26-19-38(27(22)31(40)41)30(39)28(33(2,3)4)37-32(42)45-34(5)17-11-13-20(34)12-9-8-10-14-24-29(44-26)36-25-18-21(43-6)15-16-23(25)35-24/h15-16,18,20,22,26-28H,7-14,17,19H2,1-6H3,(H,37,42)(H,40,41)/t20-,22-,26+,27+,28-,34-/m1/s1. The lowest BCUT2D eigenvalue weighted by molar-refractivity contribution is -0.151. The second-order valence-electron chi connectivity index (χ2n) is 14.2. The van der Waals surface area contributed by atoms with Crippen LogP contribution in [0.15, 0.2) is 18.2 Å². The second kappa shape index (κ2) is 13.0. The molecule has 6 atom stereocenters. The van der Waals surface area contributed by atoms with Crippen LogP contribution in [0, 0.1) is 17.3 Å². The van der Waals surface area contributed by atoms with E-state index >= 15 is 0 Å². The lowest BCUT2D eigenvalue weighted by atomic mass is 9.85. The van der Waals surface area contributed by atoms with Crippen molar-refractivity contribution in [2.75, 3.05) is 13.7 Å². The van der Waals surface area contributed by atoms with Gasteiger partial charge in [0.25, 0.3) is 0 Å². The normalized spacial score (nSPS) is 29.9. The summed E-state index contributed by atoms with van der Waals surface area (Å²) in [6.07, 6.45) is 6.31. The number of aryl methyl sites for hydroxylation is 1. The third-order valence-electron chi connectivity index (χ3n) is 10.0. The molecule has 1 saturated carbocycles. The Balaban J connectivity index is 1.56. The largest absolute Gasteiger partial charge is 0.497 e. The summed E-state index contributed by atoms with van der Waals surface area (Å²) in [4.78, 5) is 51.5. The molecule has 11 heteroatoms. The molecule has 2 aliphatic heterocycles. The van der Waals surface area contributed by atoms with Crippen molar-refractivity contribution >= 4 is 29.0 Å². The van der Waals surface area contributed by atoms with Gasteiger partial charge in [0.15, 0.2) is 0 Å². The summed E-state index contributed by atoms with van der Waals surface area (Å²) in [6, 6.07) is 3.39. The van der Waals surface area contributed by atoms with Crippen LogP contribution in [0.5, 0.6) is 11.6 Å². The number of hydrogen-bond acceptors (Lipinski definition) is 8. The van der Waals surface area contributed by atoms with Gasteiger partial charge in [-0.1, -0.05) is 40.5 Å². The molecule has 2 N–H and O–H groups in total. The number of carboxylic acid groups (broad SMARTS) is 1. The molecular weight excluding hydrogens is 576 g/mol. The van der Waals surface area contributed by atoms with Crippen LogP contribution in [-0.2, 0) is 20.7 Å². The summed E-state index contributed by atoms with van der Waals surface area (Å²) in [6.45, 7) is 9.48. The second-order valence-corrected chi connectivity index (χ2v) is 14.2. The molecule has 0 spiro atoms. The van der Waals surface area contributed by atoms with E-state index in [2.05, 4.69) is 5.32 Å². The van der Waals surface area contributed by atoms with Gasteiger partial charge in [0.2, 0.25) is 11.8 Å². The van der Waals surface area contributed by atoms with Crippen LogP contribution < -0.4 is 14.8 Å². The highest BCUT2D eigenvalue weighted by molar-refractivity contribution is 5.90. The lowest BCUT2D eigenvalue weighted by Crippen LogP contribution is -2.58. The molecule has 1 saturated heterocycles. The van der Waals surface area contributed by atoms with Gasteiger partial charge in [-0.25, -0.2) is 19.6 Å². The monoisotopic (exact) mass is 624 g/mol. The first-order valence-electron chi connectivity index (χ1n) is 16.4. The van der Waals surface area contributed by atoms with E-state index in [-0.39, 0.29) is 12.5 Å². The summed E-state index contributed by atoms with van der Waals surface area (Å²) >= 11 is 0. The topological polar surface area (TPSA) is 140 Å². The van der Waals surface area contributed by atoms with Crippen LogP contribution in [0.1, 0.15) is 91.7 Å². The van der Waals surface area contributed by atoms with E-state index in [1.165, 1.54) is 4.90 Å². The molecule has 1 aliphatic carbocycles. The number of carbonyl (C=O) groups is 3. The molecule has 246 valence electrons. The number of carboxylic acids is 1. The Hall–Kier alpha value is -3.63. The van der Waals surface area contributed by atoms with Gasteiger partial charge >= 0.3 is 12.1 Å². The fourth-order valence-corrected chi connectivity index (χ4v) is 7.44. The number of methoxy groups -OCH3 is 1. The van der Waals surface area contributed by atoms with Crippen molar-refractivity contribution in [3.05, 3.63) is 23.9 Å². The van der Waals surface area contributed by atoms with Crippen LogP contribution in [-0.4, -0.2) is 75.4 Å². The highest BCUT2D eigenvalue weighted by Crippen LogP contribution is 2.42. The van der Waals surface area contributed by atoms with Crippen molar-refractivity contribution in [2.45, 2.75) is 116 Å². The van der Waals surface area contributed by atoms with Gasteiger partial charge in [0.05, 0.1) is 24.7 Å². The van der Waals surface area contributed by atoms with Crippen LogP contribution >= 0.6 is 0 Å². The van der Waals surface area contributed by atoms with Crippen LogP contribution in [0.25, 0.3) is 11.0 Å². The van der Waals surface area contributed by atoms with Crippen LogP contribution in [0.3, 0.4) is 0 Å². The van der Waals surface area contributed by atoms with Crippen LogP contribution in [0.4, 0.5) is 4.79 Å². The number of hydrogen-bond donors (Lipinski definition) is 2. The number of nitrogens with zero attached hydrogens (tertiary/aromatic N) is 3. The minimum absolute atomic E-state index is 0.0364. The first-order chi connectivity index (χ1) is 21.3. The van der Waals surface area contributed by atoms with Gasteiger partial charge in [-0.05, 0) is 75.3 Å². The number of nitrogens with one attached hydrogen (secondary N) is 1. The number of aromatic nitrogens is 2. The van der Waals surface area contributed by atoms with Gasteiger partial charge in [-0.2, -0.15) is 0 Å². The molecule has 1 aromatic heterocycles. The number of alkyl carbamates (subject to hydrolysis) is 1. The predicted octanol–water partition coefficient (Wildman–Crippen LogP) is 5.52. The fraction of sp³-hybridized carbons (Fsp3) is 0.676. The van der Waals surface area contributed by atoms with E-state index in [1.54, 1.807) is 13.2 Å². The molecule has 0 radical (unpaired) electrons. The Bertz CT molecular complexity index is 1430. The fourth-order valence-electron chi connectivity index (χ4n) is 7.44. The number of aliphatic carboxylic acids is 1. The molecule has 2 aromatic rings. The zero-order chi connectivity index (χ0) is 32.5. The zero-order valence-electron chi connectivity index (χ0n) is 27.4. The van der Waals surface area contributed by atoms with Crippen molar-refractivity contribution in [1.82, 2.24) is 20.2 Å². The highest BCUT2D eigenvalue weighted by Gasteiger charge is 2.52. The number of fused-ring (bicyclic) bond motifs is 5. The molecule has 3 heterocycles. The average molecular weight is 625 g/mol. The maximum Gasteiger partial charge on any atom is 0.408 e. The third kappa shape index (κ3) is 6.82. The Kier molecular flexibility index (Phi) is 9.46. The van der Waals surface area contributed by atoms with Gasteiger partial charge in [-0.15, -0.1) is 0 Å². The summed E-state index contributed by atoms with van der Waals surface area (Å²) in [5.41, 5.74) is 0.714.